The number of amides is 1. The molecule has 0 aliphatic rings. The molecular formula is C12H11Cl2N3O2S. The standard InChI is InChI=1S/C12H11Cl2N3O2S/c1-7(13)11(18)15-12-17-16-10(20-12)6-19-9-4-2-8(14)3-5-9/h2-5,7H,6H2,1H3,(H,15,17,18). The first-order valence-electron chi connectivity index (χ1n) is 5.70. The molecule has 1 aromatic carbocycles. The molecule has 1 aromatic heterocycles. The number of anilines is 1. The molecular weight excluding hydrogens is 321 g/mol. The van der Waals surface area contributed by atoms with Gasteiger partial charge in [-0.1, -0.05) is 22.9 Å². The normalized spacial score (nSPS) is 11.9. The number of carbonyl (C=O) groups is 1. The Balaban J connectivity index is 1.89. The van der Waals surface area contributed by atoms with Crippen LogP contribution >= 0.6 is 34.5 Å². The van der Waals surface area contributed by atoms with Crippen LogP contribution in [0.25, 0.3) is 0 Å². The highest BCUT2D eigenvalue weighted by Crippen LogP contribution is 2.20. The zero-order valence-electron chi connectivity index (χ0n) is 10.5. The van der Waals surface area contributed by atoms with Crippen molar-refractivity contribution in [3.63, 3.8) is 0 Å². The van der Waals surface area contributed by atoms with Gasteiger partial charge in [0, 0.05) is 5.02 Å². The molecule has 2 rings (SSSR count). The van der Waals surface area contributed by atoms with Crippen molar-refractivity contribution < 1.29 is 9.53 Å². The highest BCUT2D eigenvalue weighted by Gasteiger charge is 2.12. The van der Waals surface area contributed by atoms with Crippen LogP contribution in [-0.2, 0) is 11.4 Å². The first-order valence-corrected chi connectivity index (χ1v) is 7.33. The van der Waals surface area contributed by atoms with Crippen LogP contribution in [-0.4, -0.2) is 21.5 Å². The molecule has 0 spiro atoms. The maximum absolute atomic E-state index is 11.4. The third-order valence-corrected chi connectivity index (χ3v) is 3.50. The molecule has 0 bridgehead atoms. The summed E-state index contributed by atoms with van der Waals surface area (Å²) in [6.07, 6.45) is 0. The van der Waals surface area contributed by atoms with Crippen molar-refractivity contribution in [2.45, 2.75) is 18.9 Å². The average molecular weight is 332 g/mol. The smallest absolute Gasteiger partial charge is 0.243 e. The van der Waals surface area contributed by atoms with Crippen molar-refractivity contribution in [3.05, 3.63) is 34.3 Å². The molecule has 0 radical (unpaired) electrons. The van der Waals surface area contributed by atoms with Crippen LogP contribution in [0, 0.1) is 0 Å². The molecule has 1 amide bonds. The summed E-state index contributed by atoms with van der Waals surface area (Å²) >= 11 is 12.7. The zero-order valence-corrected chi connectivity index (χ0v) is 12.8. The SMILES string of the molecule is CC(Cl)C(=O)Nc1nnc(COc2ccc(Cl)cc2)s1. The monoisotopic (exact) mass is 331 g/mol. The Morgan fingerprint density at radius 1 is 1.40 bits per heavy atom. The molecule has 5 nitrogen and oxygen atoms in total. The van der Waals surface area contributed by atoms with Crippen molar-refractivity contribution in [1.29, 1.82) is 0 Å². The van der Waals surface area contributed by atoms with Gasteiger partial charge in [-0.3, -0.25) is 10.1 Å². The zero-order chi connectivity index (χ0) is 14.5. The summed E-state index contributed by atoms with van der Waals surface area (Å²) in [5.41, 5.74) is 0. The number of alkyl halides is 1. The number of benzene rings is 1. The van der Waals surface area contributed by atoms with Crippen molar-refractivity contribution in [3.8, 4) is 5.75 Å². The van der Waals surface area contributed by atoms with E-state index in [0.29, 0.717) is 20.9 Å². The maximum Gasteiger partial charge on any atom is 0.243 e. The Labute approximate surface area is 129 Å². The average Bonchev–Trinajstić information content (AvgIpc) is 2.85. The summed E-state index contributed by atoms with van der Waals surface area (Å²) in [6, 6.07) is 7.01. The fourth-order valence-electron chi connectivity index (χ4n) is 1.24. The summed E-state index contributed by atoms with van der Waals surface area (Å²) in [6.45, 7) is 1.86. The lowest BCUT2D eigenvalue weighted by Crippen LogP contribution is -2.20. The van der Waals surface area contributed by atoms with Gasteiger partial charge < -0.3 is 4.74 Å². The first-order chi connectivity index (χ1) is 9.54. The van der Waals surface area contributed by atoms with Gasteiger partial charge in [0.1, 0.15) is 17.7 Å². The number of ether oxygens (including phenoxy) is 1. The minimum absolute atomic E-state index is 0.269. The number of hydrogen-bond acceptors (Lipinski definition) is 5. The Kier molecular flexibility index (Phi) is 5.17. The first kappa shape index (κ1) is 15.0. The Bertz CT molecular complexity index is 587. The highest BCUT2D eigenvalue weighted by atomic mass is 35.5. The van der Waals surface area contributed by atoms with Crippen molar-refractivity contribution >= 4 is 45.6 Å². The van der Waals surface area contributed by atoms with Gasteiger partial charge in [-0.05, 0) is 31.2 Å². The number of halogens is 2. The van der Waals surface area contributed by atoms with Crippen molar-refractivity contribution in [2.75, 3.05) is 5.32 Å². The third-order valence-electron chi connectivity index (χ3n) is 2.23. The Morgan fingerprint density at radius 2 is 2.10 bits per heavy atom. The predicted molar refractivity (Wildman–Crippen MR) is 79.6 cm³/mol. The number of hydrogen-bond donors (Lipinski definition) is 1. The van der Waals surface area contributed by atoms with Crippen LogP contribution < -0.4 is 10.1 Å². The van der Waals surface area contributed by atoms with Gasteiger partial charge in [-0.25, -0.2) is 0 Å². The fourth-order valence-corrected chi connectivity index (χ4v) is 2.08. The summed E-state index contributed by atoms with van der Waals surface area (Å²) in [4.78, 5) is 11.4. The molecule has 1 heterocycles. The number of nitrogens with one attached hydrogen (secondary N) is 1. The maximum atomic E-state index is 11.4. The van der Waals surface area contributed by atoms with Crippen LogP contribution in [0.4, 0.5) is 5.13 Å². The van der Waals surface area contributed by atoms with Gasteiger partial charge in [0.2, 0.25) is 11.0 Å². The molecule has 0 saturated carbocycles. The van der Waals surface area contributed by atoms with Gasteiger partial charge >= 0.3 is 0 Å². The summed E-state index contributed by atoms with van der Waals surface area (Å²) < 4.78 is 5.52. The summed E-state index contributed by atoms with van der Waals surface area (Å²) in [5, 5.41) is 11.4. The molecule has 2 aromatic rings. The molecule has 0 fully saturated rings. The number of nitrogens with zero attached hydrogens (tertiary/aromatic N) is 2. The largest absolute Gasteiger partial charge is 0.486 e. The number of carbonyl (C=O) groups excluding carboxylic acids is 1. The molecule has 0 aliphatic carbocycles. The van der Waals surface area contributed by atoms with E-state index in [1.807, 2.05) is 0 Å². The van der Waals surface area contributed by atoms with E-state index < -0.39 is 5.38 Å². The van der Waals surface area contributed by atoms with E-state index in [1.54, 1.807) is 31.2 Å². The van der Waals surface area contributed by atoms with Gasteiger partial charge in [0.25, 0.3) is 0 Å². The van der Waals surface area contributed by atoms with E-state index in [-0.39, 0.29) is 12.5 Å². The van der Waals surface area contributed by atoms with Crippen LogP contribution in [0.2, 0.25) is 5.02 Å². The third kappa shape index (κ3) is 4.33. The lowest BCUT2D eigenvalue weighted by atomic mass is 10.3. The van der Waals surface area contributed by atoms with Crippen LogP contribution in [0.3, 0.4) is 0 Å². The predicted octanol–water partition coefficient (Wildman–Crippen LogP) is 3.34. The topological polar surface area (TPSA) is 64.1 Å². The summed E-state index contributed by atoms with van der Waals surface area (Å²) in [7, 11) is 0. The lowest BCUT2D eigenvalue weighted by Gasteiger charge is -2.03. The van der Waals surface area contributed by atoms with E-state index in [9.17, 15) is 4.79 Å². The molecule has 1 unspecified atom stereocenters. The van der Waals surface area contributed by atoms with E-state index in [0.717, 1.165) is 0 Å². The van der Waals surface area contributed by atoms with E-state index in [4.69, 9.17) is 27.9 Å². The Morgan fingerprint density at radius 3 is 2.75 bits per heavy atom. The van der Waals surface area contributed by atoms with Crippen LogP contribution in [0.1, 0.15) is 11.9 Å². The second-order valence-electron chi connectivity index (χ2n) is 3.85. The molecule has 1 atom stereocenters. The Hall–Kier alpha value is -1.37. The molecule has 106 valence electrons. The lowest BCUT2D eigenvalue weighted by molar-refractivity contribution is -0.115. The minimum Gasteiger partial charge on any atom is -0.486 e. The number of rotatable bonds is 5. The molecule has 0 aliphatic heterocycles. The molecule has 0 saturated heterocycles. The molecule has 1 N–H and O–H groups in total. The van der Waals surface area contributed by atoms with Gasteiger partial charge in [0.05, 0.1) is 0 Å². The number of aromatic nitrogens is 2. The molecule has 8 heteroatoms. The van der Waals surface area contributed by atoms with Crippen LogP contribution in [0.15, 0.2) is 24.3 Å². The minimum atomic E-state index is -0.618. The van der Waals surface area contributed by atoms with E-state index in [2.05, 4.69) is 15.5 Å². The summed E-state index contributed by atoms with van der Waals surface area (Å²) in [5.74, 6) is 0.373. The van der Waals surface area contributed by atoms with Gasteiger partial charge in [-0.2, -0.15) is 0 Å². The quantitative estimate of drug-likeness (QED) is 0.853. The second kappa shape index (κ2) is 6.88. The van der Waals surface area contributed by atoms with E-state index >= 15 is 0 Å². The van der Waals surface area contributed by atoms with Crippen LogP contribution in [0.5, 0.6) is 5.75 Å². The fraction of sp³-hybridized carbons (Fsp3) is 0.250. The van der Waals surface area contributed by atoms with Crippen molar-refractivity contribution in [1.82, 2.24) is 10.2 Å². The van der Waals surface area contributed by atoms with Gasteiger partial charge in [-0.15, -0.1) is 21.8 Å². The van der Waals surface area contributed by atoms with E-state index in [1.165, 1.54) is 11.3 Å². The highest BCUT2D eigenvalue weighted by molar-refractivity contribution is 7.15. The van der Waals surface area contributed by atoms with Gasteiger partial charge in [0.15, 0.2) is 5.01 Å². The second-order valence-corrected chi connectivity index (χ2v) is 6.00. The van der Waals surface area contributed by atoms with Crippen molar-refractivity contribution in [2.24, 2.45) is 0 Å². The molecule has 20 heavy (non-hydrogen) atoms.